The summed E-state index contributed by atoms with van der Waals surface area (Å²) in [6.07, 6.45) is 26.9. The molecule has 0 unspecified atom stereocenters. The lowest BCUT2D eigenvalue weighted by atomic mass is 9.93. The molecule has 1 saturated heterocycles. The van der Waals surface area contributed by atoms with E-state index in [2.05, 4.69) is 91.3 Å². The maximum Gasteiger partial charge on any atom is 0.0701 e. The van der Waals surface area contributed by atoms with Crippen molar-refractivity contribution in [3.63, 3.8) is 0 Å². The number of likely N-dealkylation sites (N-methyl/N-ethyl adjacent to an activating group) is 1. The van der Waals surface area contributed by atoms with E-state index >= 15 is 0 Å². The van der Waals surface area contributed by atoms with E-state index in [0.29, 0.717) is 0 Å². The van der Waals surface area contributed by atoms with Gasteiger partial charge >= 0.3 is 0 Å². The molecule has 2 heterocycles. The van der Waals surface area contributed by atoms with E-state index < -0.39 is 0 Å². The molecular weight excluding hydrogens is 452 g/mol. The molecule has 37 heavy (non-hydrogen) atoms. The van der Waals surface area contributed by atoms with Gasteiger partial charge < -0.3 is 9.64 Å². The zero-order chi connectivity index (χ0) is 26.3. The van der Waals surface area contributed by atoms with Crippen molar-refractivity contribution in [3.05, 3.63) is 127 Å². The first-order valence-corrected chi connectivity index (χ1v) is 13.4. The minimum atomic E-state index is 0.777. The number of ether oxygens (including phenoxy) is 1. The maximum absolute atomic E-state index is 5.48. The van der Waals surface area contributed by atoms with E-state index in [1.807, 2.05) is 24.4 Å². The first-order chi connectivity index (χ1) is 18.1. The van der Waals surface area contributed by atoms with E-state index in [4.69, 9.17) is 4.74 Å². The fourth-order valence-electron chi connectivity index (χ4n) is 4.63. The van der Waals surface area contributed by atoms with Crippen molar-refractivity contribution in [1.82, 2.24) is 0 Å². The van der Waals surface area contributed by atoms with Gasteiger partial charge in [0.05, 0.1) is 5.71 Å². The van der Waals surface area contributed by atoms with Gasteiger partial charge in [0.1, 0.15) is 0 Å². The Morgan fingerprint density at radius 1 is 1.08 bits per heavy atom. The Bertz CT molecular complexity index is 1110. The van der Waals surface area contributed by atoms with Crippen LogP contribution in [0.3, 0.4) is 0 Å². The molecule has 1 aromatic rings. The number of hydrogen-bond acceptors (Lipinski definition) is 3. The largest absolute Gasteiger partial charge is 0.381 e. The summed E-state index contributed by atoms with van der Waals surface area (Å²) in [5, 5.41) is 0. The summed E-state index contributed by atoms with van der Waals surface area (Å²) in [5.41, 5.74) is 6.70. The van der Waals surface area contributed by atoms with Crippen molar-refractivity contribution in [1.29, 1.82) is 0 Å². The highest BCUT2D eigenvalue weighted by molar-refractivity contribution is 6.12. The monoisotopic (exact) mass is 494 g/mol. The van der Waals surface area contributed by atoms with Crippen LogP contribution < -0.4 is 4.90 Å². The molecule has 0 aliphatic carbocycles. The Hall–Kier alpha value is -3.43. The third-order valence-electron chi connectivity index (χ3n) is 6.89. The molecule has 0 radical (unpaired) electrons. The Labute approximate surface area is 224 Å². The highest BCUT2D eigenvalue weighted by atomic mass is 16.5. The van der Waals surface area contributed by atoms with Crippen molar-refractivity contribution < 1.29 is 4.74 Å². The molecule has 0 aromatic heterocycles. The summed E-state index contributed by atoms with van der Waals surface area (Å²) in [4.78, 5) is 6.92. The number of anilines is 1. The molecule has 0 spiro atoms. The standard InChI is InChI=1S/C34H42N2O/c1-5-7-12-24-36(4)31-17-13-16-30(27-31)15-8-10-18-33-28(3)20-23-35-34(32(33)6-2)19-11-9-14-29-21-25-37-26-22-29/h5-8,10-13,16-17,19-20,23,27,29H,1-3,9,14-15,18,21-22,24-26H2,4H3/b10-8+,12-7-,19-11+. The summed E-state index contributed by atoms with van der Waals surface area (Å²) < 4.78 is 5.48. The topological polar surface area (TPSA) is 24.8 Å². The van der Waals surface area contributed by atoms with E-state index in [0.717, 1.165) is 61.8 Å². The van der Waals surface area contributed by atoms with Crippen LogP contribution in [0, 0.1) is 5.92 Å². The van der Waals surface area contributed by atoms with Crippen LogP contribution in [0.25, 0.3) is 0 Å². The molecule has 0 amide bonds. The molecule has 0 saturated carbocycles. The highest BCUT2D eigenvalue weighted by Crippen LogP contribution is 2.25. The van der Waals surface area contributed by atoms with E-state index in [1.165, 1.54) is 36.1 Å². The van der Waals surface area contributed by atoms with Gasteiger partial charge in [-0.05, 0) is 85.4 Å². The van der Waals surface area contributed by atoms with Crippen LogP contribution in [0.4, 0.5) is 5.69 Å². The predicted octanol–water partition coefficient (Wildman–Crippen LogP) is 8.12. The normalized spacial score (nSPS) is 17.1. The zero-order valence-corrected chi connectivity index (χ0v) is 22.4. The lowest BCUT2D eigenvalue weighted by molar-refractivity contribution is 0.0642. The average molecular weight is 495 g/mol. The van der Waals surface area contributed by atoms with Crippen LogP contribution in [0.2, 0.25) is 0 Å². The number of allylic oxidation sites excluding steroid dienone is 11. The Balaban J connectivity index is 1.61. The number of benzene rings is 1. The fourth-order valence-corrected chi connectivity index (χ4v) is 4.63. The molecular formula is C34H42N2O. The first-order valence-electron chi connectivity index (χ1n) is 13.4. The minimum absolute atomic E-state index is 0.777. The van der Waals surface area contributed by atoms with Gasteiger partial charge in [0.2, 0.25) is 0 Å². The first kappa shape index (κ1) is 28.1. The molecule has 3 heteroatoms. The summed E-state index contributed by atoms with van der Waals surface area (Å²) in [6.45, 7) is 14.8. The summed E-state index contributed by atoms with van der Waals surface area (Å²) >= 11 is 0. The molecule has 3 rings (SSSR count). The summed E-state index contributed by atoms with van der Waals surface area (Å²) in [5.74, 6) is 0.777. The van der Waals surface area contributed by atoms with Gasteiger partial charge in [-0.25, -0.2) is 0 Å². The van der Waals surface area contributed by atoms with Crippen molar-refractivity contribution in [3.8, 4) is 0 Å². The van der Waals surface area contributed by atoms with Crippen molar-refractivity contribution in [2.75, 3.05) is 31.7 Å². The average Bonchev–Trinajstić information content (AvgIpc) is 3.07. The van der Waals surface area contributed by atoms with Gasteiger partial charge in [-0.3, -0.25) is 4.99 Å². The van der Waals surface area contributed by atoms with Crippen molar-refractivity contribution in [2.45, 2.75) is 38.5 Å². The van der Waals surface area contributed by atoms with Gasteiger partial charge in [0.15, 0.2) is 0 Å². The molecule has 1 fully saturated rings. The Morgan fingerprint density at radius 3 is 2.68 bits per heavy atom. The van der Waals surface area contributed by atoms with Gasteiger partial charge in [0.25, 0.3) is 0 Å². The van der Waals surface area contributed by atoms with Crippen LogP contribution in [-0.4, -0.2) is 32.5 Å². The number of rotatable bonds is 13. The lowest BCUT2D eigenvalue weighted by Gasteiger charge is -2.21. The van der Waals surface area contributed by atoms with Crippen LogP contribution in [0.15, 0.2) is 127 Å². The van der Waals surface area contributed by atoms with E-state index in [1.54, 1.807) is 6.08 Å². The minimum Gasteiger partial charge on any atom is -0.381 e. The maximum atomic E-state index is 5.48. The predicted molar refractivity (Wildman–Crippen MR) is 161 cm³/mol. The van der Waals surface area contributed by atoms with E-state index in [9.17, 15) is 0 Å². The number of nitrogens with zero attached hydrogens (tertiary/aromatic N) is 2. The molecule has 1 aromatic carbocycles. The Morgan fingerprint density at radius 2 is 1.89 bits per heavy atom. The zero-order valence-electron chi connectivity index (χ0n) is 22.4. The highest BCUT2D eigenvalue weighted by Gasteiger charge is 2.14. The number of aliphatic imine (C=N–C) groups is 1. The van der Waals surface area contributed by atoms with E-state index in [-0.39, 0.29) is 0 Å². The molecule has 194 valence electrons. The van der Waals surface area contributed by atoms with Gasteiger partial charge in [-0.15, -0.1) is 0 Å². The smallest absolute Gasteiger partial charge is 0.0701 e. The Kier molecular flexibility index (Phi) is 11.9. The third kappa shape index (κ3) is 9.18. The molecule has 0 N–H and O–H groups in total. The second kappa shape index (κ2) is 15.6. The third-order valence-corrected chi connectivity index (χ3v) is 6.89. The van der Waals surface area contributed by atoms with Crippen LogP contribution in [-0.2, 0) is 11.2 Å². The lowest BCUT2D eigenvalue weighted by Crippen LogP contribution is -2.16. The van der Waals surface area contributed by atoms with Gasteiger partial charge in [0, 0.05) is 44.3 Å². The summed E-state index contributed by atoms with van der Waals surface area (Å²) in [7, 11) is 2.11. The molecule has 2 aliphatic rings. The molecule has 3 nitrogen and oxygen atoms in total. The molecule has 0 atom stereocenters. The fraction of sp³-hybridized carbons (Fsp3) is 0.324. The number of hydrogen-bond donors (Lipinski definition) is 0. The molecule has 0 bridgehead atoms. The molecule has 2 aliphatic heterocycles. The second-order valence-electron chi connectivity index (χ2n) is 9.58. The second-order valence-corrected chi connectivity index (χ2v) is 9.58. The van der Waals surface area contributed by atoms with Crippen LogP contribution in [0.5, 0.6) is 0 Å². The van der Waals surface area contributed by atoms with Gasteiger partial charge in [-0.2, -0.15) is 0 Å². The van der Waals surface area contributed by atoms with Crippen LogP contribution >= 0.6 is 0 Å². The quantitative estimate of drug-likeness (QED) is 0.204. The van der Waals surface area contributed by atoms with Crippen LogP contribution in [0.1, 0.15) is 37.7 Å². The SMILES string of the molecule is C=C/C=C\CN(C)c1cccc(C/C=C/CC2=C(C=C)C(/C=C/CCC3CCOCC3)=NC=CC2=C)c1. The van der Waals surface area contributed by atoms with Gasteiger partial charge in [-0.1, -0.05) is 74.4 Å². The summed E-state index contributed by atoms with van der Waals surface area (Å²) in [6, 6.07) is 8.71. The van der Waals surface area contributed by atoms with Crippen molar-refractivity contribution in [2.24, 2.45) is 10.9 Å². The van der Waals surface area contributed by atoms with Crippen molar-refractivity contribution >= 4 is 11.4 Å².